The molecular formula is C8H9NO3. The quantitative estimate of drug-likeness (QED) is 0.525. The third-order valence-corrected chi connectivity index (χ3v) is 2.34. The minimum absolute atomic E-state index is 0.0370. The van der Waals surface area contributed by atoms with Gasteiger partial charge in [0.25, 0.3) is 0 Å². The molecule has 4 nitrogen and oxygen atoms in total. The van der Waals surface area contributed by atoms with Crippen LogP contribution in [0.25, 0.3) is 0 Å². The van der Waals surface area contributed by atoms with E-state index in [2.05, 4.69) is 0 Å². The molecule has 4 heteroatoms. The molecule has 2 unspecified atom stereocenters. The van der Waals surface area contributed by atoms with E-state index in [4.69, 9.17) is 0 Å². The number of Topliss-reactive ketones (excluding diaryl/α,β-unsaturated/α-hetero) is 1. The molecule has 0 aromatic carbocycles. The maximum absolute atomic E-state index is 11.2. The van der Waals surface area contributed by atoms with Gasteiger partial charge in [0, 0.05) is 0 Å². The van der Waals surface area contributed by atoms with Crippen molar-refractivity contribution >= 4 is 17.6 Å². The Morgan fingerprint density at radius 1 is 1.42 bits per heavy atom. The number of imide groups is 1. The van der Waals surface area contributed by atoms with E-state index in [9.17, 15) is 14.4 Å². The largest absolute Gasteiger partial charge is 0.298 e. The summed E-state index contributed by atoms with van der Waals surface area (Å²) in [5, 5.41) is 0. The van der Waals surface area contributed by atoms with Crippen LogP contribution in [0.15, 0.2) is 0 Å². The maximum atomic E-state index is 11.2. The standard InChI is InChI=1S/C8H9NO3/c1-4(10)3-9-7(11)5-2-6(5)8(9)12/h5-6H,2-3H2,1H3. The topological polar surface area (TPSA) is 54.5 Å². The lowest BCUT2D eigenvalue weighted by Crippen LogP contribution is -2.36. The van der Waals surface area contributed by atoms with Crippen LogP contribution in [-0.4, -0.2) is 29.0 Å². The van der Waals surface area contributed by atoms with Crippen molar-refractivity contribution in [2.24, 2.45) is 11.8 Å². The Labute approximate surface area is 69.5 Å². The molecule has 1 aliphatic carbocycles. The Hall–Kier alpha value is -1.19. The van der Waals surface area contributed by atoms with Gasteiger partial charge in [0.1, 0.15) is 5.78 Å². The molecule has 2 atom stereocenters. The summed E-state index contributed by atoms with van der Waals surface area (Å²) in [5.41, 5.74) is 0. The lowest BCUT2D eigenvalue weighted by molar-refractivity contribution is -0.144. The van der Waals surface area contributed by atoms with Gasteiger partial charge in [-0.3, -0.25) is 19.3 Å². The van der Waals surface area contributed by atoms with Crippen LogP contribution in [0.1, 0.15) is 13.3 Å². The molecule has 2 fully saturated rings. The van der Waals surface area contributed by atoms with Crippen molar-refractivity contribution in [1.29, 1.82) is 0 Å². The van der Waals surface area contributed by atoms with Gasteiger partial charge in [0.05, 0.1) is 18.4 Å². The van der Waals surface area contributed by atoms with Crippen LogP contribution in [0.3, 0.4) is 0 Å². The van der Waals surface area contributed by atoms with Crippen LogP contribution in [0.4, 0.5) is 0 Å². The first-order valence-corrected chi connectivity index (χ1v) is 3.96. The molecular weight excluding hydrogens is 158 g/mol. The Kier molecular flexibility index (Phi) is 1.34. The maximum Gasteiger partial charge on any atom is 0.233 e. The Bertz CT molecular complexity index is 264. The highest BCUT2D eigenvalue weighted by Gasteiger charge is 2.58. The third-order valence-electron chi connectivity index (χ3n) is 2.34. The number of fused-ring (bicyclic) bond motifs is 1. The first-order valence-electron chi connectivity index (χ1n) is 3.96. The molecule has 0 aromatic rings. The predicted molar refractivity (Wildman–Crippen MR) is 39.0 cm³/mol. The number of ketones is 1. The Morgan fingerprint density at radius 2 is 1.92 bits per heavy atom. The molecule has 0 N–H and O–H groups in total. The molecule has 64 valence electrons. The molecule has 1 heterocycles. The zero-order chi connectivity index (χ0) is 8.88. The highest BCUT2D eigenvalue weighted by molar-refractivity contribution is 6.10. The van der Waals surface area contributed by atoms with Gasteiger partial charge in [-0.25, -0.2) is 0 Å². The fourth-order valence-electron chi connectivity index (χ4n) is 1.63. The molecule has 1 saturated heterocycles. The van der Waals surface area contributed by atoms with Crippen LogP contribution >= 0.6 is 0 Å². The van der Waals surface area contributed by atoms with Crippen LogP contribution in [0.2, 0.25) is 0 Å². The second-order valence-electron chi connectivity index (χ2n) is 3.41. The van der Waals surface area contributed by atoms with E-state index >= 15 is 0 Å². The summed E-state index contributed by atoms with van der Waals surface area (Å²) in [4.78, 5) is 34.2. The van der Waals surface area contributed by atoms with Gasteiger partial charge in [0.2, 0.25) is 11.8 Å². The fraction of sp³-hybridized carbons (Fsp3) is 0.625. The summed E-state index contributed by atoms with van der Waals surface area (Å²) in [5.74, 6) is -0.618. The SMILES string of the molecule is CC(=O)CN1C(=O)C2CC2C1=O. The zero-order valence-electron chi connectivity index (χ0n) is 6.74. The second kappa shape index (κ2) is 2.15. The third kappa shape index (κ3) is 0.873. The lowest BCUT2D eigenvalue weighted by atomic mass is 10.3. The lowest BCUT2D eigenvalue weighted by Gasteiger charge is -2.13. The van der Waals surface area contributed by atoms with Crippen molar-refractivity contribution in [2.45, 2.75) is 13.3 Å². The van der Waals surface area contributed by atoms with Gasteiger partial charge in [0.15, 0.2) is 0 Å². The molecule has 0 bridgehead atoms. The first kappa shape index (κ1) is 7.46. The average molecular weight is 167 g/mol. The second-order valence-corrected chi connectivity index (χ2v) is 3.41. The predicted octanol–water partition coefficient (Wildman–Crippen LogP) is -0.420. The minimum Gasteiger partial charge on any atom is -0.298 e. The number of carbonyl (C=O) groups is 3. The minimum atomic E-state index is -0.153. The highest BCUT2D eigenvalue weighted by atomic mass is 16.2. The number of amides is 2. The summed E-state index contributed by atoms with van der Waals surface area (Å²) in [6, 6.07) is 0. The molecule has 0 radical (unpaired) electrons. The molecule has 2 rings (SSSR count). The summed E-state index contributed by atoms with van der Waals surface area (Å²) < 4.78 is 0. The normalized spacial score (nSPS) is 32.2. The number of hydrogen-bond donors (Lipinski definition) is 0. The van der Waals surface area contributed by atoms with E-state index in [-0.39, 0.29) is 36.0 Å². The number of piperidine rings is 1. The number of likely N-dealkylation sites (tertiary alicyclic amines) is 1. The van der Waals surface area contributed by atoms with E-state index in [0.29, 0.717) is 6.42 Å². The van der Waals surface area contributed by atoms with Gasteiger partial charge < -0.3 is 0 Å². The molecule has 1 saturated carbocycles. The van der Waals surface area contributed by atoms with Crippen molar-refractivity contribution in [3.05, 3.63) is 0 Å². The highest BCUT2D eigenvalue weighted by Crippen LogP contribution is 2.46. The van der Waals surface area contributed by atoms with E-state index < -0.39 is 0 Å². The van der Waals surface area contributed by atoms with Crippen molar-refractivity contribution in [1.82, 2.24) is 4.90 Å². The average Bonchev–Trinajstić information content (AvgIpc) is 2.71. The van der Waals surface area contributed by atoms with Crippen molar-refractivity contribution < 1.29 is 14.4 Å². The van der Waals surface area contributed by atoms with Crippen molar-refractivity contribution in [2.75, 3.05) is 6.54 Å². The summed E-state index contributed by atoms with van der Waals surface area (Å²) in [6.45, 7) is 1.34. The van der Waals surface area contributed by atoms with Crippen LogP contribution < -0.4 is 0 Å². The molecule has 2 aliphatic rings. The van der Waals surface area contributed by atoms with Gasteiger partial charge in [-0.1, -0.05) is 0 Å². The van der Waals surface area contributed by atoms with Crippen LogP contribution in [0.5, 0.6) is 0 Å². The van der Waals surface area contributed by atoms with E-state index in [1.165, 1.54) is 6.92 Å². The Balaban J connectivity index is 2.12. The van der Waals surface area contributed by atoms with Crippen LogP contribution in [0, 0.1) is 11.8 Å². The monoisotopic (exact) mass is 167 g/mol. The number of hydrogen-bond acceptors (Lipinski definition) is 3. The van der Waals surface area contributed by atoms with Crippen molar-refractivity contribution in [3.8, 4) is 0 Å². The van der Waals surface area contributed by atoms with Gasteiger partial charge >= 0.3 is 0 Å². The molecule has 12 heavy (non-hydrogen) atoms. The summed E-state index contributed by atoms with van der Waals surface area (Å²) >= 11 is 0. The first-order chi connectivity index (χ1) is 5.61. The van der Waals surface area contributed by atoms with Gasteiger partial charge in [-0.2, -0.15) is 0 Å². The van der Waals surface area contributed by atoms with E-state index in [1.807, 2.05) is 0 Å². The van der Waals surface area contributed by atoms with E-state index in [0.717, 1.165) is 4.90 Å². The fourth-order valence-corrected chi connectivity index (χ4v) is 1.63. The summed E-state index contributed by atoms with van der Waals surface area (Å²) in [7, 11) is 0. The molecule has 0 aromatic heterocycles. The summed E-state index contributed by atoms with van der Waals surface area (Å²) in [6.07, 6.45) is 0.700. The van der Waals surface area contributed by atoms with Gasteiger partial charge in [-0.05, 0) is 13.3 Å². The number of nitrogens with zero attached hydrogens (tertiary/aromatic N) is 1. The van der Waals surface area contributed by atoms with E-state index in [1.54, 1.807) is 0 Å². The number of rotatable bonds is 2. The molecule has 2 amide bonds. The molecule has 0 spiro atoms. The van der Waals surface area contributed by atoms with Crippen molar-refractivity contribution in [3.63, 3.8) is 0 Å². The number of carbonyl (C=O) groups excluding carboxylic acids is 3. The molecule has 1 aliphatic heterocycles. The smallest absolute Gasteiger partial charge is 0.233 e. The zero-order valence-corrected chi connectivity index (χ0v) is 6.74. The van der Waals surface area contributed by atoms with Crippen LogP contribution in [-0.2, 0) is 14.4 Å². The van der Waals surface area contributed by atoms with Gasteiger partial charge in [-0.15, -0.1) is 0 Å². The Morgan fingerprint density at radius 3 is 2.33 bits per heavy atom.